The SMILES string of the molecule is Cc1ccc([S@](=O)/C=C/C=C/CCCC=O)cc1. The molecule has 0 radical (unpaired) electrons. The molecule has 0 amide bonds. The Kier molecular flexibility index (Phi) is 6.96. The molecule has 0 saturated heterocycles. The molecule has 18 heavy (non-hydrogen) atoms. The Morgan fingerprint density at radius 3 is 2.50 bits per heavy atom. The standard InChI is InChI=1S/C15H18O2S/c1-14-8-10-15(11-9-14)18(17)13-7-5-3-2-4-6-12-16/h3,5,7-13H,2,4,6H2,1H3/b5-3+,13-7+/t18-/m1/s1. The number of unbranched alkanes of at least 4 members (excludes halogenated alkanes) is 2. The van der Waals surface area contributed by atoms with Crippen molar-refractivity contribution >= 4 is 17.1 Å². The van der Waals surface area contributed by atoms with E-state index < -0.39 is 10.8 Å². The molecule has 1 aromatic carbocycles. The Labute approximate surface area is 111 Å². The van der Waals surface area contributed by atoms with Crippen LogP contribution in [-0.2, 0) is 15.6 Å². The Hall–Kier alpha value is -1.48. The van der Waals surface area contributed by atoms with Gasteiger partial charge in [0.2, 0.25) is 0 Å². The lowest BCUT2D eigenvalue weighted by atomic mass is 10.2. The summed E-state index contributed by atoms with van der Waals surface area (Å²) in [7, 11) is -1.09. The zero-order valence-electron chi connectivity index (χ0n) is 10.5. The van der Waals surface area contributed by atoms with Crippen molar-refractivity contribution in [2.45, 2.75) is 31.1 Å². The van der Waals surface area contributed by atoms with Gasteiger partial charge in [-0.15, -0.1) is 0 Å². The first kappa shape index (κ1) is 14.6. The maximum absolute atomic E-state index is 11.8. The first-order valence-corrected chi connectivity index (χ1v) is 7.19. The van der Waals surface area contributed by atoms with Crippen molar-refractivity contribution in [3.8, 4) is 0 Å². The number of carbonyl (C=O) groups is 1. The largest absolute Gasteiger partial charge is 0.303 e. The van der Waals surface area contributed by atoms with E-state index in [4.69, 9.17) is 0 Å². The van der Waals surface area contributed by atoms with Gasteiger partial charge >= 0.3 is 0 Å². The molecule has 0 unspecified atom stereocenters. The minimum atomic E-state index is -1.09. The molecule has 0 bridgehead atoms. The number of carbonyl (C=O) groups excluding carboxylic acids is 1. The molecule has 0 aliphatic carbocycles. The maximum atomic E-state index is 11.8. The fraction of sp³-hybridized carbons (Fsp3) is 0.267. The lowest BCUT2D eigenvalue weighted by Crippen LogP contribution is -1.85. The molecule has 1 aromatic rings. The second-order valence-corrected chi connectivity index (χ2v) is 5.30. The van der Waals surface area contributed by atoms with E-state index in [1.165, 1.54) is 0 Å². The molecule has 0 spiro atoms. The van der Waals surface area contributed by atoms with Gasteiger partial charge in [-0.3, -0.25) is 0 Å². The molecule has 0 aromatic heterocycles. The fourth-order valence-electron chi connectivity index (χ4n) is 1.36. The Bertz CT molecular complexity index is 444. The summed E-state index contributed by atoms with van der Waals surface area (Å²) >= 11 is 0. The van der Waals surface area contributed by atoms with Gasteiger partial charge in [-0.25, -0.2) is 4.21 Å². The number of allylic oxidation sites excluding steroid dienone is 3. The molecular formula is C15H18O2S. The predicted octanol–water partition coefficient (Wildman–Crippen LogP) is 3.54. The van der Waals surface area contributed by atoms with E-state index >= 15 is 0 Å². The predicted molar refractivity (Wildman–Crippen MR) is 75.8 cm³/mol. The smallest absolute Gasteiger partial charge is 0.120 e. The number of hydrogen-bond acceptors (Lipinski definition) is 2. The third-order valence-electron chi connectivity index (χ3n) is 2.40. The van der Waals surface area contributed by atoms with E-state index in [2.05, 4.69) is 0 Å². The van der Waals surface area contributed by atoms with E-state index in [1.54, 1.807) is 11.5 Å². The van der Waals surface area contributed by atoms with Crippen molar-refractivity contribution in [3.05, 3.63) is 53.5 Å². The Morgan fingerprint density at radius 1 is 1.11 bits per heavy atom. The highest BCUT2D eigenvalue weighted by atomic mass is 32.2. The second kappa shape index (κ2) is 8.59. The van der Waals surface area contributed by atoms with Gasteiger partial charge in [0.25, 0.3) is 0 Å². The average molecular weight is 262 g/mol. The second-order valence-electron chi connectivity index (χ2n) is 3.96. The molecule has 0 saturated carbocycles. The van der Waals surface area contributed by atoms with Crippen LogP contribution >= 0.6 is 0 Å². The van der Waals surface area contributed by atoms with Crippen LogP contribution in [0.4, 0.5) is 0 Å². The van der Waals surface area contributed by atoms with Crippen LogP contribution in [-0.4, -0.2) is 10.5 Å². The quantitative estimate of drug-likeness (QED) is 0.428. The van der Waals surface area contributed by atoms with Crippen LogP contribution in [0.3, 0.4) is 0 Å². The third-order valence-corrected chi connectivity index (χ3v) is 3.54. The molecule has 0 heterocycles. The molecule has 1 atom stereocenters. The molecule has 1 rings (SSSR count). The van der Waals surface area contributed by atoms with Gasteiger partial charge in [-0.2, -0.15) is 0 Å². The van der Waals surface area contributed by atoms with Gasteiger partial charge in [0.05, 0.1) is 10.8 Å². The molecule has 0 N–H and O–H groups in total. The summed E-state index contributed by atoms with van der Waals surface area (Å²) in [6, 6.07) is 7.67. The van der Waals surface area contributed by atoms with Crippen LogP contribution in [0.5, 0.6) is 0 Å². The van der Waals surface area contributed by atoms with Gasteiger partial charge in [-0.05, 0) is 31.9 Å². The highest BCUT2D eigenvalue weighted by molar-refractivity contribution is 7.88. The maximum Gasteiger partial charge on any atom is 0.120 e. The van der Waals surface area contributed by atoms with Gasteiger partial charge < -0.3 is 4.79 Å². The summed E-state index contributed by atoms with van der Waals surface area (Å²) in [4.78, 5) is 10.9. The number of rotatable bonds is 7. The first-order valence-electron chi connectivity index (χ1n) is 5.98. The third kappa shape index (κ3) is 5.73. The van der Waals surface area contributed by atoms with Gasteiger partial charge in [0.1, 0.15) is 6.29 Å². The summed E-state index contributed by atoms with van der Waals surface area (Å²) in [6.45, 7) is 2.00. The molecule has 0 fully saturated rings. The van der Waals surface area contributed by atoms with E-state index in [1.807, 2.05) is 43.3 Å². The highest BCUT2D eigenvalue weighted by Gasteiger charge is 1.97. The normalized spacial score (nSPS) is 13.2. The number of benzene rings is 1. The Morgan fingerprint density at radius 2 is 1.83 bits per heavy atom. The van der Waals surface area contributed by atoms with Crippen molar-refractivity contribution in [1.29, 1.82) is 0 Å². The lowest BCUT2D eigenvalue weighted by molar-refractivity contribution is -0.107. The molecule has 3 heteroatoms. The number of aryl methyl sites for hydroxylation is 1. The van der Waals surface area contributed by atoms with Gasteiger partial charge in [-0.1, -0.05) is 35.9 Å². The molecule has 0 aliphatic rings. The van der Waals surface area contributed by atoms with E-state index in [0.717, 1.165) is 29.6 Å². The van der Waals surface area contributed by atoms with Crippen molar-refractivity contribution in [3.63, 3.8) is 0 Å². The zero-order valence-corrected chi connectivity index (χ0v) is 11.4. The number of aldehydes is 1. The minimum absolute atomic E-state index is 0.601. The number of hydrogen-bond donors (Lipinski definition) is 0. The topological polar surface area (TPSA) is 34.1 Å². The molecule has 96 valence electrons. The van der Waals surface area contributed by atoms with Crippen molar-refractivity contribution in [1.82, 2.24) is 0 Å². The van der Waals surface area contributed by atoms with E-state index in [0.29, 0.717) is 6.42 Å². The minimum Gasteiger partial charge on any atom is -0.303 e. The Balaban J connectivity index is 2.40. The summed E-state index contributed by atoms with van der Waals surface area (Å²) in [5, 5.41) is 1.67. The fourth-order valence-corrected chi connectivity index (χ4v) is 2.16. The van der Waals surface area contributed by atoms with E-state index in [9.17, 15) is 9.00 Å². The van der Waals surface area contributed by atoms with Crippen LogP contribution in [0, 0.1) is 6.92 Å². The van der Waals surface area contributed by atoms with Crippen LogP contribution in [0.2, 0.25) is 0 Å². The van der Waals surface area contributed by atoms with E-state index in [-0.39, 0.29) is 0 Å². The highest BCUT2D eigenvalue weighted by Crippen LogP contribution is 2.09. The molecular weight excluding hydrogens is 244 g/mol. The average Bonchev–Trinajstić information content (AvgIpc) is 2.38. The van der Waals surface area contributed by atoms with Crippen LogP contribution in [0.1, 0.15) is 24.8 Å². The van der Waals surface area contributed by atoms with Crippen LogP contribution in [0.15, 0.2) is 52.8 Å². The van der Waals surface area contributed by atoms with Crippen molar-refractivity contribution in [2.24, 2.45) is 0 Å². The molecule has 2 nitrogen and oxygen atoms in total. The summed E-state index contributed by atoms with van der Waals surface area (Å²) in [5.41, 5.74) is 1.16. The monoisotopic (exact) mass is 262 g/mol. The van der Waals surface area contributed by atoms with Crippen LogP contribution in [0.25, 0.3) is 0 Å². The summed E-state index contributed by atoms with van der Waals surface area (Å²) in [6.07, 6.45) is 8.91. The van der Waals surface area contributed by atoms with Crippen molar-refractivity contribution < 1.29 is 9.00 Å². The zero-order chi connectivity index (χ0) is 13.2. The lowest BCUT2D eigenvalue weighted by Gasteiger charge is -1.96. The summed E-state index contributed by atoms with van der Waals surface area (Å²) in [5.74, 6) is 0. The molecule has 0 aliphatic heterocycles. The van der Waals surface area contributed by atoms with Crippen molar-refractivity contribution in [2.75, 3.05) is 0 Å². The van der Waals surface area contributed by atoms with Crippen LogP contribution < -0.4 is 0 Å². The van der Waals surface area contributed by atoms with Gasteiger partial charge in [0.15, 0.2) is 0 Å². The van der Waals surface area contributed by atoms with Gasteiger partial charge in [0, 0.05) is 16.7 Å². The first-order chi connectivity index (χ1) is 8.74. The summed E-state index contributed by atoms with van der Waals surface area (Å²) < 4.78 is 11.8.